The number of halogens is 2. The van der Waals surface area contributed by atoms with Gasteiger partial charge in [-0.1, -0.05) is 29.6 Å². The molecule has 2 aliphatic rings. The highest BCUT2D eigenvalue weighted by Gasteiger charge is 2.42. The largest absolute Gasteiger partial charge is 0.349 e. The standard InChI is InChI=1S/C15H18Cl2N2O/c1-8(12-5-9-2-3-10(12)4-9)18-15(20)11-6-13(16)19-14(17)7-11/h6-10,12H,2-5H2,1H3,(H,18,20)/t8-,9-,10-,12+/m0/s1. The fourth-order valence-electron chi connectivity index (χ4n) is 3.90. The van der Waals surface area contributed by atoms with Crippen LogP contribution in [0.4, 0.5) is 0 Å². The number of carbonyl (C=O) groups excluding carboxylic acids is 1. The van der Waals surface area contributed by atoms with Gasteiger partial charge in [0.25, 0.3) is 5.91 Å². The van der Waals surface area contributed by atoms with Crippen LogP contribution in [0.5, 0.6) is 0 Å². The van der Waals surface area contributed by atoms with Gasteiger partial charge in [0.2, 0.25) is 0 Å². The van der Waals surface area contributed by atoms with E-state index in [0.29, 0.717) is 11.5 Å². The van der Waals surface area contributed by atoms with Gasteiger partial charge in [-0.05, 0) is 56.1 Å². The molecule has 108 valence electrons. The Bertz CT molecular complexity index is 514. The van der Waals surface area contributed by atoms with E-state index in [9.17, 15) is 4.79 Å². The summed E-state index contributed by atoms with van der Waals surface area (Å²) in [6.45, 7) is 2.10. The summed E-state index contributed by atoms with van der Waals surface area (Å²) in [5, 5.41) is 3.58. The van der Waals surface area contributed by atoms with Crippen molar-refractivity contribution < 1.29 is 4.79 Å². The van der Waals surface area contributed by atoms with Gasteiger partial charge in [-0.25, -0.2) is 4.98 Å². The monoisotopic (exact) mass is 312 g/mol. The van der Waals surface area contributed by atoms with Gasteiger partial charge < -0.3 is 5.32 Å². The third-order valence-corrected chi connectivity index (χ3v) is 5.21. The van der Waals surface area contributed by atoms with Crippen LogP contribution in [0.15, 0.2) is 12.1 Å². The van der Waals surface area contributed by atoms with Crippen LogP contribution in [0.2, 0.25) is 10.3 Å². The molecule has 1 heterocycles. The Balaban J connectivity index is 1.66. The minimum atomic E-state index is -0.119. The van der Waals surface area contributed by atoms with Crippen molar-refractivity contribution in [1.29, 1.82) is 0 Å². The van der Waals surface area contributed by atoms with Crippen molar-refractivity contribution in [3.63, 3.8) is 0 Å². The van der Waals surface area contributed by atoms with E-state index in [1.807, 2.05) is 0 Å². The molecule has 3 rings (SSSR count). The number of rotatable bonds is 3. The SMILES string of the molecule is C[C@H](NC(=O)c1cc(Cl)nc(Cl)c1)[C@H]1C[C@H]2CC[C@H]1C2. The zero-order valence-corrected chi connectivity index (χ0v) is 12.9. The van der Waals surface area contributed by atoms with E-state index in [1.54, 1.807) is 12.1 Å². The predicted octanol–water partition coefficient (Wildman–Crippen LogP) is 3.94. The molecule has 4 atom stereocenters. The molecule has 1 N–H and O–H groups in total. The van der Waals surface area contributed by atoms with Crippen LogP contribution in [0.3, 0.4) is 0 Å². The summed E-state index contributed by atoms with van der Waals surface area (Å²) in [7, 11) is 0. The molecule has 0 radical (unpaired) electrons. The Labute approximate surface area is 129 Å². The first-order valence-corrected chi connectivity index (χ1v) is 7.92. The molecule has 0 unspecified atom stereocenters. The second-order valence-corrected chi connectivity index (χ2v) is 6.88. The van der Waals surface area contributed by atoms with Gasteiger partial charge in [0.15, 0.2) is 0 Å². The number of pyridine rings is 1. The predicted molar refractivity (Wildman–Crippen MR) is 80.1 cm³/mol. The van der Waals surface area contributed by atoms with E-state index in [-0.39, 0.29) is 22.3 Å². The van der Waals surface area contributed by atoms with Crippen molar-refractivity contribution in [3.8, 4) is 0 Å². The number of hydrogen-bond acceptors (Lipinski definition) is 2. The molecule has 2 fully saturated rings. The second-order valence-electron chi connectivity index (χ2n) is 6.10. The maximum absolute atomic E-state index is 12.3. The third-order valence-electron chi connectivity index (χ3n) is 4.82. The lowest BCUT2D eigenvalue weighted by Gasteiger charge is -2.28. The maximum Gasteiger partial charge on any atom is 0.251 e. The minimum absolute atomic E-state index is 0.119. The van der Waals surface area contributed by atoms with E-state index >= 15 is 0 Å². The molecule has 5 heteroatoms. The van der Waals surface area contributed by atoms with Crippen molar-refractivity contribution in [1.82, 2.24) is 10.3 Å². The van der Waals surface area contributed by atoms with Crippen LogP contribution >= 0.6 is 23.2 Å². The number of amides is 1. The lowest BCUT2D eigenvalue weighted by molar-refractivity contribution is 0.0915. The quantitative estimate of drug-likeness (QED) is 0.859. The van der Waals surface area contributed by atoms with Crippen LogP contribution in [0, 0.1) is 17.8 Å². The highest BCUT2D eigenvalue weighted by atomic mass is 35.5. The fourth-order valence-corrected chi connectivity index (χ4v) is 4.36. The Morgan fingerprint density at radius 2 is 2.00 bits per heavy atom. The summed E-state index contributed by atoms with van der Waals surface area (Å²) >= 11 is 11.7. The molecule has 1 amide bonds. The van der Waals surface area contributed by atoms with E-state index in [1.165, 1.54) is 25.7 Å². The number of nitrogens with zero attached hydrogens (tertiary/aromatic N) is 1. The first-order valence-electron chi connectivity index (χ1n) is 7.17. The summed E-state index contributed by atoms with van der Waals surface area (Å²) in [6.07, 6.45) is 5.29. The Morgan fingerprint density at radius 3 is 2.55 bits per heavy atom. The van der Waals surface area contributed by atoms with Gasteiger partial charge in [0.1, 0.15) is 10.3 Å². The van der Waals surface area contributed by atoms with Crippen LogP contribution in [0.25, 0.3) is 0 Å². The molecular formula is C15H18Cl2N2O. The summed E-state index contributed by atoms with van der Waals surface area (Å²) in [4.78, 5) is 16.1. The normalized spacial score (nSPS) is 29.4. The molecule has 2 aliphatic carbocycles. The van der Waals surface area contributed by atoms with Crippen LogP contribution in [-0.2, 0) is 0 Å². The maximum atomic E-state index is 12.3. The lowest BCUT2D eigenvalue weighted by Crippen LogP contribution is -2.40. The molecule has 2 saturated carbocycles. The summed E-state index contributed by atoms with van der Waals surface area (Å²) < 4.78 is 0. The summed E-state index contributed by atoms with van der Waals surface area (Å²) in [5.41, 5.74) is 0.477. The number of fused-ring (bicyclic) bond motifs is 2. The van der Waals surface area contributed by atoms with Crippen LogP contribution in [0.1, 0.15) is 43.0 Å². The van der Waals surface area contributed by atoms with Crippen molar-refractivity contribution >= 4 is 29.1 Å². The Morgan fingerprint density at radius 1 is 1.30 bits per heavy atom. The first kappa shape index (κ1) is 14.2. The first-order chi connectivity index (χ1) is 9.52. The molecule has 0 aliphatic heterocycles. The minimum Gasteiger partial charge on any atom is -0.349 e. The topological polar surface area (TPSA) is 42.0 Å². The lowest BCUT2D eigenvalue weighted by atomic mass is 9.84. The fraction of sp³-hybridized carbons (Fsp3) is 0.600. The smallest absolute Gasteiger partial charge is 0.251 e. The Kier molecular flexibility index (Phi) is 3.91. The highest BCUT2D eigenvalue weighted by Crippen LogP contribution is 2.49. The summed E-state index contributed by atoms with van der Waals surface area (Å²) in [6, 6.07) is 3.30. The molecule has 1 aromatic rings. The summed E-state index contributed by atoms with van der Waals surface area (Å²) in [5.74, 6) is 2.17. The third kappa shape index (κ3) is 2.79. The average molecular weight is 313 g/mol. The van der Waals surface area contributed by atoms with Gasteiger partial charge in [0.05, 0.1) is 0 Å². The van der Waals surface area contributed by atoms with Crippen LogP contribution < -0.4 is 5.32 Å². The molecule has 0 spiro atoms. The van der Waals surface area contributed by atoms with Crippen molar-refractivity contribution in [2.24, 2.45) is 17.8 Å². The molecule has 2 bridgehead atoms. The highest BCUT2D eigenvalue weighted by molar-refractivity contribution is 6.33. The van der Waals surface area contributed by atoms with Gasteiger partial charge in [-0.3, -0.25) is 4.79 Å². The van der Waals surface area contributed by atoms with Crippen molar-refractivity contribution in [2.75, 3.05) is 0 Å². The average Bonchev–Trinajstić information content (AvgIpc) is 2.99. The van der Waals surface area contributed by atoms with E-state index in [0.717, 1.165) is 11.8 Å². The second kappa shape index (κ2) is 5.53. The van der Waals surface area contributed by atoms with Crippen molar-refractivity contribution in [3.05, 3.63) is 28.0 Å². The molecule has 0 saturated heterocycles. The zero-order chi connectivity index (χ0) is 14.3. The molecular weight excluding hydrogens is 295 g/mol. The number of nitrogens with one attached hydrogen (secondary N) is 1. The van der Waals surface area contributed by atoms with Gasteiger partial charge in [0, 0.05) is 11.6 Å². The van der Waals surface area contributed by atoms with E-state index in [4.69, 9.17) is 23.2 Å². The van der Waals surface area contributed by atoms with E-state index in [2.05, 4.69) is 17.2 Å². The van der Waals surface area contributed by atoms with Gasteiger partial charge >= 0.3 is 0 Å². The van der Waals surface area contributed by atoms with Gasteiger partial charge in [-0.15, -0.1) is 0 Å². The molecule has 0 aromatic carbocycles. The van der Waals surface area contributed by atoms with Crippen molar-refractivity contribution in [2.45, 2.75) is 38.6 Å². The van der Waals surface area contributed by atoms with Gasteiger partial charge in [-0.2, -0.15) is 0 Å². The number of hydrogen-bond donors (Lipinski definition) is 1. The number of carbonyl (C=O) groups is 1. The van der Waals surface area contributed by atoms with Crippen LogP contribution in [-0.4, -0.2) is 16.9 Å². The van der Waals surface area contributed by atoms with E-state index < -0.39 is 0 Å². The zero-order valence-electron chi connectivity index (χ0n) is 11.4. The molecule has 3 nitrogen and oxygen atoms in total. The number of aromatic nitrogens is 1. The molecule has 20 heavy (non-hydrogen) atoms. The Hall–Kier alpha value is -0.800. The molecule has 1 aromatic heterocycles.